The molecule has 0 aromatic heterocycles. The van der Waals surface area contributed by atoms with Gasteiger partial charge in [0.05, 0.1) is 5.76 Å². The second kappa shape index (κ2) is 7.98. The first-order chi connectivity index (χ1) is 9.37. The maximum Gasteiger partial charge on any atom is 0.389 e. The molecule has 0 aliphatic carbocycles. The number of halogens is 3. The molecule has 0 bridgehead atoms. The van der Waals surface area contributed by atoms with Crippen LogP contribution in [0.25, 0.3) is 0 Å². The molecule has 1 nitrogen and oxygen atoms in total. The molecule has 0 amide bonds. The number of alkyl halides is 3. The van der Waals surface area contributed by atoms with Crippen LogP contribution >= 0.6 is 0 Å². The molecule has 0 atom stereocenters. The van der Waals surface area contributed by atoms with Gasteiger partial charge in [0.25, 0.3) is 0 Å². The number of benzene rings is 1. The Morgan fingerprint density at radius 1 is 0.950 bits per heavy atom. The summed E-state index contributed by atoms with van der Waals surface area (Å²) < 4.78 is 35.9. The molecular formula is C16H21F3O. The number of allylic oxidation sites excluding steroid dienone is 1. The summed E-state index contributed by atoms with van der Waals surface area (Å²) in [5.74, 6) is 0.179. The van der Waals surface area contributed by atoms with Gasteiger partial charge >= 0.3 is 6.18 Å². The molecule has 0 spiro atoms. The van der Waals surface area contributed by atoms with E-state index in [4.69, 9.17) is 5.11 Å². The van der Waals surface area contributed by atoms with E-state index < -0.39 is 12.6 Å². The smallest absolute Gasteiger partial charge is 0.389 e. The summed E-state index contributed by atoms with van der Waals surface area (Å²) in [6.45, 7) is 3.44. The molecule has 1 rings (SSSR count). The van der Waals surface area contributed by atoms with E-state index in [0.29, 0.717) is 12.8 Å². The van der Waals surface area contributed by atoms with Gasteiger partial charge in [0.2, 0.25) is 0 Å². The molecule has 0 unspecified atom stereocenters. The number of aryl methyl sites for hydroxylation is 2. The van der Waals surface area contributed by atoms with Gasteiger partial charge in [-0.25, -0.2) is 0 Å². The minimum Gasteiger partial charge on any atom is -0.513 e. The van der Waals surface area contributed by atoms with Gasteiger partial charge in [-0.15, -0.1) is 0 Å². The van der Waals surface area contributed by atoms with Gasteiger partial charge in [-0.1, -0.05) is 37.3 Å². The lowest BCUT2D eigenvalue weighted by Crippen LogP contribution is -2.06. The van der Waals surface area contributed by atoms with Crippen molar-refractivity contribution in [2.24, 2.45) is 0 Å². The fourth-order valence-corrected chi connectivity index (χ4v) is 1.99. The highest BCUT2D eigenvalue weighted by Crippen LogP contribution is 2.23. The Labute approximate surface area is 118 Å². The van der Waals surface area contributed by atoms with Crippen LogP contribution in [0.5, 0.6) is 0 Å². The Hall–Kier alpha value is -1.45. The lowest BCUT2D eigenvalue weighted by Gasteiger charge is -2.06. The van der Waals surface area contributed by atoms with E-state index in [-0.39, 0.29) is 12.2 Å². The van der Waals surface area contributed by atoms with Crippen LogP contribution in [0.3, 0.4) is 0 Å². The maximum atomic E-state index is 12.0. The second-order valence-corrected chi connectivity index (χ2v) is 5.06. The molecule has 0 aliphatic heterocycles. The molecule has 0 saturated heterocycles. The summed E-state index contributed by atoms with van der Waals surface area (Å²) in [5, 5.41) is 9.02. The van der Waals surface area contributed by atoms with Gasteiger partial charge in [-0.3, -0.25) is 0 Å². The van der Waals surface area contributed by atoms with Crippen molar-refractivity contribution in [3.05, 3.63) is 47.7 Å². The van der Waals surface area contributed by atoms with Crippen LogP contribution in [0.2, 0.25) is 0 Å². The lowest BCUT2D eigenvalue weighted by molar-refractivity contribution is -0.135. The Balaban J connectivity index is 2.23. The third kappa shape index (κ3) is 7.87. The van der Waals surface area contributed by atoms with Crippen molar-refractivity contribution in [3.8, 4) is 0 Å². The molecule has 20 heavy (non-hydrogen) atoms. The number of unbranched alkanes of at least 4 members (excludes halogenated alkanes) is 2. The number of hydrogen-bond donors (Lipinski definition) is 1. The average molecular weight is 286 g/mol. The summed E-state index contributed by atoms with van der Waals surface area (Å²) in [6.07, 6.45) is -1.01. The third-order valence-electron chi connectivity index (χ3n) is 3.15. The van der Waals surface area contributed by atoms with Crippen LogP contribution < -0.4 is 0 Å². The van der Waals surface area contributed by atoms with Crippen molar-refractivity contribution in [1.29, 1.82) is 0 Å². The minimum atomic E-state index is -4.03. The van der Waals surface area contributed by atoms with E-state index in [2.05, 4.69) is 6.58 Å². The van der Waals surface area contributed by atoms with Gasteiger partial charge < -0.3 is 5.11 Å². The van der Waals surface area contributed by atoms with Crippen molar-refractivity contribution in [2.75, 3.05) is 0 Å². The molecule has 112 valence electrons. The van der Waals surface area contributed by atoms with Gasteiger partial charge in [0.1, 0.15) is 0 Å². The molecule has 0 saturated carbocycles. The monoisotopic (exact) mass is 286 g/mol. The molecule has 0 fully saturated rings. The molecule has 1 N–H and O–H groups in total. The first-order valence-electron chi connectivity index (χ1n) is 6.88. The zero-order valence-electron chi connectivity index (χ0n) is 11.5. The van der Waals surface area contributed by atoms with Gasteiger partial charge in [0.15, 0.2) is 0 Å². The zero-order valence-corrected chi connectivity index (χ0v) is 11.5. The number of aliphatic hydroxyl groups excluding tert-OH is 1. The van der Waals surface area contributed by atoms with Crippen LogP contribution in [0.15, 0.2) is 36.6 Å². The largest absolute Gasteiger partial charge is 0.513 e. The summed E-state index contributed by atoms with van der Waals surface area (Å²) >= 11 is 0. The molecule has 0 heterocycles. The Kier molecular flexibility index (Phi) is 6.62. The van der Waals surface area contributed by atoms with E-state index in [1.165, 1.54) is 0 Å². The van der Waals surface area contributed by atoms with E-state index in [1.54, 1.807) is 0 Å². The summed E-state index contributed by atoms with van der Waals surface area (Å²) in [6, 6.07) is 7.99. The second-order valence-electron chi connectivity index (χ2n) is 5.06. The van der Waals surface area contributed by atoms with Crippen LogP contribution in [0.4, 0.5) is 13.2 Å². The fourth-order valence-electron chi connectivity index (χ4n) is 1.99. The first kappa shape index (κ1) is 16.6. The third-order valence-corrected chi connectivity index (χ3v) is 3.15. The molecular weight excluding hydrogens is 265 g/mol. The number of aliphatic hydroxyl groups is 1. The van der Waals surface area contributed by atoms with Gasteiger partial charge in [-0.05, 0) is 36.8 Å². The van der Waals surface area contributed by atoms with Crippen LogP contribution in [-0.2, 0) is 12.8 Å². The Morgan fingerprint density at radius 3 is 2.00 bits per heavy atom. The highest BCUT2D eigenvalue weighted by atomic mass is 19.4. The number of hydrogen-bond acceptors (Lipinski definition) is 1. The van der Waals surface area contributed by atoms with Gasteiger partial charge in [-0.2, -0.15) is 13.2 Å². The predicted molar refractivity (Wildman–Crippen MR) is 74.8 cm³/mol. The Morgan fingerprint density at radius 2 is 1.50 bits per heavy atom. The predicted octanol–water partition coefficient (Wildman–Crippen LogP) is 5.36. The molecule has 0 aliphatic rings. The first-order valence-corrected chi connectivity index (χ1v) is 6.88. The van der Waals surface area contributed by atoms with Crippen molar-refractivity contribution < 1.29 is 18.3 Å². The molecule has 1 aromatic carbocycles. The van der Waals surface area contributed by atoms with Crippen molar-refractivity contribution in [2.45, 2.75) is 51.1 Å². The summed E-state index contributed by atoms with van der Waals surface area (Å²) in [5.41, 5.74) is 2.27. The average Bonchev–Trinajstić information content (AvgIpc) is 2.36. The Bertz CT molecular complexity index is 407. The van der Waals surface area contributed by atoms with E-state index >= 15 is 0 Å². The molecule has 4 heteroatoms. The van der Waals surface area contributed by atoms with Crippen molar-refractivity contribution in [1.82, 2.24) is 0 Å². The standard InChI is InChI=1S/C16H21F3O/c1-13(20)6-7-15-10-8-14(9-11-15)5-3-2-4-12-16(17,18)19/h8-11,20H,1-7,12H2. The quantitative estimate of drug-likeness (QED) is 0.504. The van der Waals surface area contributed by atoms with E-state index in [9.17, 15) is 13.2 Å². The summed E-state index contributed by atoms with van der Waals surface area (Å²) in [4.78, 5) is 0. The van der Waals surface area contributed by atoms with Crippen LogP contribution in [-0.4, -0.2) is 11.3 Å². The minimum absolute atomic E-state index is 0.179. The highest BCUT2D eigenvalue weighted by Gasteiger charge is 2.25. The number of rotatable bonds is 8. The highest BCUT2D eigenvalue weighted by molar-refractivity contribution is 5.23. The zero-order chi connectivity index (χ0) is 15.0. The lowest BCUT2D eigenvalue weighted by atomic mass is 10.0. The van der Waals surface area contributed by atoms with Crippen LogP contribution in [0.1, 0.15) is 43.2 Å². The molecule has 0 radical (unpaired) electrons. The SMILES string of the molecule is C=C(O)CCc1ccc(CCCCCC(F)(F)F)cc1. The van der Waals surface area contributed by atoms with Gasteiger partial charge in [0, 0.05) is 12.8 Å². The fraction of sp³-hybridized carbons (Fsp3) is 0.500. The summed E-state index contributed by atoms with van der Waals surface area (Å²) in [7, 11) is 0. The maximum absolute atomic E-state index is 12.0. The topological polar surface area (TPSA) is 20.2 Å². The van der Waals surface area contributed by atoms with Crippen molar-refractivity contribution >= 4 is 0 Å². The van der Waals surface area contributed by atoms with Crippen molar-refractivity contribution in [3.63, 3.8) is 0 Å². The normalized spacial score (nSPS) is 11.6. The van der Waals surface area contributed by atoms with E-state index in [0.717, 1.165) is 30.4 Å². The van der Waals surface area contributed by atoms with E-state index in [1.807, 2.05) is 24.3 Å². The van der Waals surface area contributed by atoms with Crippen LogP contribution in [0, 0.1) is 0 Å². The molecule has 1 aromatic rings.